The summed E-state index contributed by atoms with van der Waals surface area (Å²) in [6.07, 6.45) is -0.570. The van der Waals surface area contributed by atoms with Crippen molar-refractivity contribution in [3.05, 3.63) is 93.2 Å². The number of fused-ring (bicyclic) bond motifs is 2. The number of carbonyl (C=O) groups is 1. The first kappa shape index (κ1) is 27.9. The van der Waals surface area contributed by atoms with Crippen LogP contribution in [0.1, 0.15) is 32.9 Å². The fraction of sp³-hybridized carbons (Fsp3) is 0.241. The number of aryl methyl sites for hydroxylation is 2. The van der Waals surface area contributed by atoms with Crippen molar-refractivity contribution in [2.24, 2.45) is 7.05 Å². The molecule has 0 atom stereocenters. The normalized spacial score (nSPS) is 13.4. The minimum atomic E-state index is -4.75. The third kappa shape index (κ3) is 4.94. The van der Waals surface area contributed by atoms with Crippen molar-refractivity contribution in [1.82, 2.24) is 24.3 Å². The Morgan fingerprint density at radius 2 is 1.88 bits per heavy atom. The first-order chi connectivity index (χ1) is 20.4. The Hall–Kier alpha value is -5.27. The zero-order valence-corrected chi connectivity index (χ0v) is 23.2. The van der Waals surface area contributed by atoms with E-state index < -0.39 is 28.6 Å². The number of hydrogen-bond acceptors (Lipinski definition) is 7. The van der Waals surface area contributed by atoms with Gasteiger partial charge in [-0.3, -0.25) is 14.5 Å². The van der Waals surface area contributed by atoms with Gasteiger partial charge in [-0.15, -0.1) is 0 Å². The van der Waals surface area contributed by atoms with Crippen LogP contribution in [0, 0.1) is 17.0 Å². The number of alkyl halides is 3. The zero-order valence-electron chi connectivity index (χ0n) is 23.2. The average molecular weight is 592 g/mol. The van der Waals surface area contributed by atoms with Crippen molar-refractivity contribution in [3.8, 4) is 16.9 Å². The molecule has 11 nitrogen and oxygen atoms in total. The van der Waals surface area contributed by atoms with Crippen LogP contribution >= 0.6 is 0 Å². The number of benzene rings is 2. The number of anilines is 1. The van der Waals surface area contributed by atoms with Crippen LogP contribution in [-0.2, 0) is 26.2 Å². The van der Waals surface area contributed by atoms with Crippen LogP contribution in [0.3, 0.4) is 0 Å². The summed E-state index contributed by atoms with van der Waals surface area (Å²) in [4.78, 5) is 35.0. The van der Waals surface area contributed by atoms with E-state index in [2.05, 4.69) is 15.1 Å². The quantitative estimate of drug-likeness (QED) is 0.193. The molecular formula is C29H24F3N7O4. The summed E-state index contributed by atoms with van der Waals surface area (Å²) in [6.45, 7) is 1.91. The summed E-state index contributed by atoms with van der Waals surface area (Å²) < 4.78 is 50.0. The van der Waals surface area contributed by atoms with Gasteiger partial charge in [0.25, 0.3) is 5.91 Å². The lowest BCUT2D eigenvalue weighted by Crippen LogP contribution is -2.38. The molecule has 0 aliphatic carbocycles. The predicted octanol–water partition coefficient (Wildman–Crippen LogP) is 5.33. The van der Waals surface area contributed by atoms with Crippen molar-refractivity contribution in [2.45, 2.75) is 26.1 Å². The van der Waals surface area contributed by atoms with E-state index >= 15 is 0 Å². The molecule has 3 aromatic heterocycles. The molecule has 1 aliphatic rings. The molecule has 0 saturated heterocycles. The number of methoxy groups -OCH3 is 1. The Kier molecular flexibility index (Phi) is 6.63. The second-order valence-corrected chi connectivity index (χ2v) is 10.2. The molecule has 220 valence electrons. The highest BCUT2D eigenvalue weighted by atomic mass is 19.4. The largest absolute Gasteiger partial charge is 0.497 e. The first-order valence-electron chi connectivity index (χ1n) is 13.1. The average Bonchev–Trinajstić information content (AvgIpc) is 3.59. The number of aromatic nitrogens is 5. The molecule has 0 saturated carbocycles. The van der Waals surface area contributed by atoms with Gasteiger partial charge >= 0.3 is 12.1 Å². The van der Waals surface area contributed by atoms with Crippen molar-refractivity contribution in [2.75, 3.05) is 18.6 Å². The highest BCUT2D eigenvalue weighted by Gasteiger charge is 2.39. The number of imidazole rings is 1. The fourth-order valence-corrected chi connectivity index (χ4v) is 5.58. The highest BCUT2D eigenvalue weighted by Crippen LogP contribution is 2.41. The molecule has 4 heterocycles. The number of hydrogen-bond donors (Lipinski definition) is 0. The van der Waals surface area contributed by atoms with E-state index in [0.29, 0.717) is 39.2 Å². The number of nitro groups is 1. The van der Waals surface area contributed by atoms with Gasteiger partial charge in [0.1, 0.15) is 18.1 Å². The topological polar surface area (TPSA) is 121 Å². The third-order valence-electron chi connectivity index (χ3n) is 7.38. The summed E-state index contributed by atoms with van der Waals surface area (Å²) in [5.41, 5.74) is 1.89. The Balaban J connectivity index is 1.54. The zero-order chi connectivity index (χ0) is 30.6. The summed E-state index contributed by atoms with van der Waals surface area (Å²) in [7, 11) is 2.92. The minimum absolute atomic E-state index is 0.0972. The standard InChI is InChI=1S/C29H24F3N7O4/c1-16-10-25(22-13-18(43-3)4-5-24(22)34-16)38-8-6-19-20(23-15-36(2)35-26(23)29(30,31)32)11-17(12-21(19)27(38)40)14-37-9-7-33-28(37)39(41)42/h4-5,7,9-13,15H,6,8,14H2,1-3H3. The van der Waals surface area contributed by atoms with Crippen LogP contribution < -0.4 is 9.64 Å². The van der Waals surface area contributed by atoms with Crippen molar-refractivity contribution in [1.29, 1.82) is 0 Å². The van der Waals surface area contributed by atoms with Crippen LogP contribution in [0.4, 0.5) is 24.8 Å². The molecular weight excluding hydrogens is 567 g/mol. The van der Waals surface area contributed by atoms with Gasteiger partial charge in [-0.05, 0) is 71.4 Å². The summed E-state index contributed by atoms with van der Waals surface area (Å²) in [5, 5.41) is 15.8. The molecule has 1 amide bonds. The Morgan fingerprint density at radius 3 is 2.60 bits per heavy atom. The van der Waals surface area contributed by atoms with Crippen molar-refractivity contribution in [3.63, 3.8) is 0 Å². The van der Waals surface area contributed by atoms with E-state index in [4.69, 9.17) is 4.74 Å². The Morgan fingerprint density at radius 1 is 1.12 bits per heavy atom. The monoisotopic (exact) mass is 591 g/mol. The van der Waals surface area contributed by atoms with Crippen molar-refractivity contribution < 1.29 is 27.6 Å². The third-order valence-corrected chi connectivity index (χ3v) is 7.38. The van der Waals surface area contributed by atoms with Crippen LogP contribution in [-0.4, -0.2) is 48.8 Å². The van der Waals surface area contributed by atoms with Crippen LogP contribution in [0.5, 0.6) is 5.75 Å². The SMILES string of the molecule is COc1ccc2nc(C)cc(N3CCc4c(cc(Cn5ccnc5[N+](=O)[O-])cc4-c4cn(C)nc4C(F)(F)F)C3=O)c2c1. The van der Waals surface area contributed by atoms with Gasteiger partial charge in [0.2, 0.25) is 0 Å². The highest BCUT2D eigenvalue weighted by molar-refractivity contribution is 6.13. The van der Waals surface area contributed by atoms with E-state index in [9.17, 15) is 28.1 Å². The lowest BCUT2D eigenvalue weighted by Gasteiger charge is -2.31. The molecule has 6 rings (SSSR count). The Labute approximate surface area is 242 Å². The summed E-state index contributed by atoms with van der Waals surface area (Å²) in [5.74, 6) is -0.277. The van der Waals surface area contributed by atoms with Gasteiger partial charge in [0, 0.05) is 42.0 Å². The number of amides is 1. The van der Waals surface area contributed by atoms with Gasteiger partial charge in [-0.1, -0.05) is 4.98 Å². The molecule has 0 fully saturated rings. The van der Waals surface area contributed by atoms with Gasteiger partial charge in [0.15, 0.2) is 5.69 Å². The molecule has 1 aliphatic heterocycles. The number of halogens is 3. The molecule has 0 unspecified atom stereocenters. The van der Waals surface area contributed by atoms with Crippen molar-refractivity contribution >= 4 is 28.4 Å². The maximum absolute atomic E-state index is 14.2. The van der Waals surface area contributed by atoms with Crippen LogP contribution in [0.15, 0.2) is 55.0 Å². The summed E-state index contributed by atoms with van der Waals surface area (Å²) in [6, 6.07) is 10.2. The first-order valence-corrected chi connectivity index (χ1v) is 13.1. The maximum atomic E-state index is 14.2. The second kappa shape index (κ2) is 10.2. The molecule has 0 spiro atoms. The molecule has 0 N–H and O–H groups in total. The van der Waals surface area contributed by atoms with E-state index in [1.807, 2.05) is 6.92 Å². The molecule has 2 aromatic carbocycles. The van der Waals surface area contributed by atoms with Gasteiger partial charge in [-0.25, -0.2) is 4.57 Å². The number of nitrogens with zero attached hydrogens (tertiary/aromatic N) is 7. The van der Waals surface area contributed by atoms with Crippen LogP contribution in [0.2, 0.25) is 0 Å². The number of ether oxygens (including phenoxy) is 1. The lowest BCUT2D eigenvalue weighted by atomic mass is 9.87. The second-order valence-electron chi connectivity index (χ2n) is 10.2. The predicted molar refractivity (Wildman–Crippen MR) is 150 cm³/mol. The Bertz CT molecular complexity index is 1930. The number of pyridine rings is 1. The smallest absolute Gasteiger partial charge is 0.435 e. The van der Waals surface area contributed by atoms with E-state index in [0.717, 1.165) is 4.68 Å². The molecule has 5 aromatic rings. The van der Waals surface area contributed by atoms with Crippen LogP contribution in [0.25, 0.3) is 22.0 Å². The molecule has 0 bridgehead atoms. The van der Waals surface area contributed by atoms with E-state index in [-0.39, 0.29) is 36.2 Å². The molecule has 14 heteroatoms. The minimum Gasteiger partial charge on any atom is -0.497 e. The maximum Gasteiger partial charge on any atom is 0.435 e. The summed E-state index contributed by atoms with van der Waals surface area (Å²) >= 11 is 0. The fourth-order valence-electron chi connectivity index (χ4n) is 5.58. The lowest BCUT2D eigenvalue weighted by molar-refractivity contribution is -0.396. The van der Waals surface area contributed by atoms with Gasteiger partial charge in [-0.2, -0.15) is 18.3 Å². The van der Waals surface area contributed by atoms with E-state index in [1.165, 1.54) is 43.4 Å². The number of carbonyl (C=O) groups excluding carboxylic acids is 1. The van der Waals surface area contributed by atoms with Gasteiger partial charge < -0.3 is 19.8 Å². The van der Waals surface area contributed by atoms with E-state index in [1.54, 1.807) is 35.2 Å². The number of rotatable bonds is 6. The van der Waals surface area contributed by atoms with Gasteiger partial charge in [0.05, 0.1) is 24.9 Å². The molecule has 43 heavy (non-hydrogen) atoms. The molecule has 0 radical (unpaired) electrons.